The molecule has 1 aliphatic carbocycles. The summed E-state index contributed by atoms with van der Waals surface area (Å²) in [6.45, 7) is 5.43. The van der Waals surface area contributed by atoms with E-state index in [0.29, 0.717) is 6.42 Å². The Morgan fingerprint density at radius 2 is 1.83 bits per heavy atom. The van der Waals surface area contributed by atoms with Gasteiger partial charge in [-0.25, -0.2) is 0 Å². The van der Waals surface area contributed by atoms with Gasteiger partial charge in [0.15, 0.2) is 0 Å². The summed E-state index contributed by atoms with van der Waals surface area (Å²) in [6, 6.07) is 0. The molecule has 2 N–H and O–H groups in total. The molecule has 1 fully saturated rings. The molecular formula is C9H15NO2. The van der Waals surface area contributed by atoms with Gasteiger partial charge in [0.25, 0.3) is 0 Å². The Kier molecular flexibility index (Phi) is 1.98. The van der Waals surface area contributed by atoms with Crippen LogP contribution < -0.4 is 5.73 Å². The molecule has 1 aliphatic rings. The molecule has 0 unspecified atom stereocenters. The average Bonchev–Trinajstić information content (AvgIpc) is 1.83. The predicted molar refractivity (Wildman–Crippen MR) is 45.3 cm³/mol. The van der Waals surface area contributed by atoms with E-state index in [1.807, 2.05) is 13.8 Å². The van der Waals surface area contributed by atoms with E-state index in [9.17, 15) is 9.59 Å². The normalized spacial score (nSPS) is 32.2. The van der Waals surface area contributed by atoms with Crippen molar-refractivity contribution >= 4 is 11.7 Å². The van der Waals surface area contributed by atoms with Gasteiger partial charge in [-0.3, -0.25) is 9.59 Å². The van der Waals surface area contributed by atoms with Gasteiger partial charge in [0, 0.05) is 11.8 Å². The Morgan fingerprint density at radius 3 is 2.08 bits per heavy atom. The van der Waals surface area contributed by atoms with Crippen LogP contribution in [0.1, 0.15) is 27.2 Å². The van der Waals surface area contributed by atoms with Gasteiger partial charge in [0.2, 0.25) is 5.91 Å². The van der Waals surface area contributed by atoms with E-state index in [2.05, 4.69) is 0 Å². The second-order valence-corrected chi connectivity index (χ2v) is 4.18. The molecule has 2 atom stereocenters. The lowest BCUT2D eigenvalue weighted by Crippen LogP contribution is -2.53. The summed E-state index contributed by atoms with van der Waals surface area (Å²) in [5, 5.41) is 0. The van der Waals surface area contributed by atoms with Gasteiger partial charge in [-0.2, -0.15) is 0 Å². The zero-order valence-electron chi connectivity index (χ0n) is 7.76. The van der Waals surface area contributed by atoms with Crippen LogP contribution in [0.2, 0.25) is 0 Å². The minimum absolute atomic E-state index is 0.0231. The quantitative estimate of drug-likeness (QED) is 0.662. The van der Waals surface area contributed by atoms with Gasteiger partial charge in [-0.05, 0) is 18.8 Å². The van der Waals surface area contributed by atoms with E-state index < -0.39 is 0 Å². The van der Waals surface area contributed by atoms with Crippen LogP contribution in [0.5, 0.6) is 0 Å². The number of carbonyl (C=O) groups excluding carboxylic acids is 2. The second-order valence-electron chi connectivity index (χ2n) is 4.18. The lowest BCUT2D eigenvalue weighted by atomic mass is 9.53. The van der Waals surface area contributed by atoms with Crippen LogP contribution in [-0.4, -0.2) is 11.7 Å². The molecule has 0 radical (unpaired) electrons. The summed E-state index contributed by atoms with van der Waals surface area (Å²) in [5.41, 5.74) is 4.96. The Balaban J connectivity index is 2.72. The fourth-order valence-electron chi connectivity index (χ4n) is 2.10. The lowest BCUT2D eigenvalue weighted by Gasteiger charge is -2.49. The van der Waals surface area contributed by atoms with Gasteiger partial charge >= 0.3 is 0 Å². The van der Waals surface area contributed by atoms with Crippen LogP contribution in [0, 0.1) is 17.3 Å². The molecule has 0 aliphatic heterocycles. The monoisotopic (exact) mass is 169 g/mol. The first-order valence-electron chi connectivity index (χ1n) is 4.17. The highest BCUT2D eigenvalue weighted by Gasteiger charge is 2.52. The van der Waals surface area contributed by atoms with Crippen molar-refractivity contribution in [2.75, 3.05) is 0 Å². The van der Waals surface area contributed by atoms with E-state index >= 15 is 0 Å². The van der Waals surface area contributed by atoms with Crippen LogP contribution in [0.25, 0.3) is 0 Å². The summed E-state index contributed by atoms with van der Waals surface area (Å²) >= 11 is 0. The Morgan fingerprint density at radius 1 is 1.33 bits per heavy atom. The Labute approximate surface area is 72.3 Å². The number of primary amides is 1. The second kappa shape index (κ2) is 2.57. The van der Waals surface area contributed by atoms with Gasteiger partial charge in [0.05, 0.1) is 0 Å². The summed E-state index contributed by atoms with van der Waals surface area (Å²) in [4.78, 5) is 21.9. The highest BCUT2D eigenvalue weighted by molar-refractivity contribution is 5.86. The Hall–Kier alpha value is -0.860. The molecule has 1 saturated carbocycles. The molecule has 3 nitrogen and oxygen atoms in total. The van der Waals surface area contributed by atoms with Gasteiger partial charge in [-0.1, -0.05) is 13.8 Å². The van der Waals surface area contributed by atoms with Crippen LogP contribution >= 0.6 is 0 Å². The fourth-order valence-corrected chi connectivity index (χ4v) is 2.10. The smallest absolute Gasteiger partial charge is 0.221 e. The van der Waals surface area contributed by atoms with E-state index in [-0.39, 0.29) is 28.9 Å². The lowest BCUT2D eigenvalue weighted by molar-refractivity contribution is -0.146. The minimum Gasteiger partial charge on any atom is -0.369 e. The average molecular weight is 169 g/mol. The van der Waals surface area contributed by atoms with Crippen LogP contribution in [0.15, 0.2) is 0 Å². The number of carbonyl (C=O) groups is 2. The Bertz CT molecular complexity index is 211. The van der Waals surface area contributed by atoms with Gasteiger partial charge in [0.1, 0.15) is 5.78 Å². The summed E-state index contributed by atoms with van der Waals surface area (Å²) in [7, 11) is 0. The van der Waals surface area contributed by atoms with Crippen molar-refractivity contribution < 1.29 is 9.59 Å². The maximum absolute atomic E-state index is 11.1. The zero-order chi connectivity index (χ0) is 9.52. The molecule has 0 saturated heterocycles. The van der Waals surface area contributed by atoms with E-state index in [4.69, 9.17) is 5.73 Å². The standard InChI is InChI=1S/C9H15NO2/c1-5(11)6-4-7(8(10)12)9(6,2)3/h6-7H,4H2,1-3H3,(H2,10,12)/t6-,7+/m0/s1. The number of rotatable bonds is 2. The molecule has 0 aromatic rings. The van der Waals surface area contributed by atoms with Crippen LogP contribution in [-0.2, 0) is 9.59 Å². The number of hydrogen-bond acceptors (Lipinski definition) is 2. The number of amides is 1. The third-order valence-corrected chi connectivity index (χ3v) is 3.10. The number of ketones is 1. The number of nitrogens with two attached hydrogens (primary N) is 1. The number of hydrogen-bond donors (Lipinski definition) is 1. The maximum Gasteiger partial charge on any atom is 0.221 e. The molecular weight excluding hydrogens is 154 g/mol. The summed E-state index contributed by atoms with van der Waals surface area (Å²) in [5.74, 6) is -0.212. The SMILES string of the molecule is CC(=O)[C@@H]1C[C@H](C(N)=O)C1(C)C. The topological polar surface area (TPSA) is 60.2 Å². The van der Waals surface area contributed by atoms with Crippen molar-refractivity contribution in [3.8, 4) is 0 Å². The zero-order valence-corrected chi connectivity index (χ0v) is 7.76. The first-order chi connectivity index (χ1) is 5.37. The molecule has 12 heavy (non-hydrogen) atoms. The molecule has 0 spiro atoms. The van der Waals surface area contributed by atoms with Crippen molar-refractivity contribution in [3.63, 3.8) is 0 Å². The van der Waals surface area contributed by atoms with Crippen molar-refractivity contribution in [2.24, 2.45) is 23.0 Å². The molecule has 0 bridgehead atoms. The first kappa shape index (κ1) is 9.23. The van der Waals surface area contributed by atoms with Gasteiger partial charge in [-0.15, -0.1) is 0 Å². The molecule has 1 amide bonds. The number of Topliss-reactive ketones (excluding diaryl/α,β-unsaturated/α-hetero) is 1. The highest BCUT2D eigenvalue weighted by Crippen LogP contribution is 2.51. The summed E-state index contributed by atoms with van der Waals surface area (Å²) < 4.78 is 0. The van der Waals surface area contributed by atoms with E-state index in [1.165, 1.54) is 0 Å². The highest BCUT2D eigenvalue weighted by atomic mass is 16.1. The molecule has 1 rings (SSSR count). The van der Waals surface area contributed by atoms with Crippen LogP contribution in [0.3, 0.4) is 0 Å². The molecule has 0 aromatic heterocycles. The first-order valence-corrected chi connectivity index (χ1v) is 4.17. The third kappa shape index (κ3) is 1.13. The predicted octanol–water partition coefficient (Wildman–Crippen LogP) is 0.723. The molecule has 68 valence electrons. The molecule has 3 heteroatoms. The van der Waals surface area contributed by atoms with Gasteiger partial charge < -0.3 is 5.73 Å². The fraction of sp³-hybridized carbons (Fsp3) is 0.778. The largest absolute Gasteiger partial charge is 0.369 e. The van der Waals surface area contributed by atoms with Crippen molar-refractivity contribution in [1.29, 1.82) is 0 Å². The van der Waals surface area contributed by atoms with Crippen LogP contribution in [0.4, 0.5) is 0 Å². The van der Waals surface area contributed by atoms with Crippen molar-refractivity contribution in [2.45, 2.75) is 27.2 Å². The minimum atomic E-state index is -0.280. The third-order valence-electron chi connectivity index (χ3n) is 3.10. The van der Waals surface area contributed by atoms with E-state index in [1.54, 1.807) is 6.92 Å². The van der Waals surface area contributed by atoms with Crippen molar-refractivity contribution in [1.82, 2.24) is 0 Å². The van der Waals surface area contributed by atoms with Crippen molar-refractivity contribution in [3.05, 3.63) is 0 Å². The van der Waals surface area contributed by atoms with E-state index in [0.717, 1.165) is 0 Å². The summed E-state index contributed by atoms with van der Waals surface area (Å²) in [6.07, 6.45) is 0.637. The maximum atomic E-state index is 11.1. The molecule has 0 heterocycles. The molecule has 0 aromatic carbocycles.